The lowest BCUT2D eigenvalue weighted by Crippen LogP contribution is -2.25. The third kappa shape index (κ3) is 1.67. The molecule has 0 spiro atoms. The van der Waals surface area contributed by atoms with Crippen LogP contribution in [0.5, 0.6) is 0 Å². The lowest BCUT2D eigenvalue weighted by atomic mass is 10.2. The fourth-order valence-electron chi connectivity index (χ4n) is 1.80. The van der Waals surface area contributed by atoms with Crippen molar-refractivity contribution in [3.05, 3.63) is 24.0 Å². The normalized spacial score (nSPS) is 15.6. The second-order valence-electron chi connectivity index (χ2n) is 3.72. The van der Waals surface area contributed by atoms with Crippen LogP contribution in [-0.2, 0) is 0 Å². The maximum Gasteiger partial charge on any atom is 0.125 e. The van der Waals surface area contributed by atoms with Gasteiger partial charge in [-0.15, -0.1) is 0 Å². The van der Waals surface area contributed by atoms with Crippen LogP contribution in [0.4, 0.5) is 15.8 Å². The molecular weight excluding hydrogens is 179 g/mol. The van der Waals surface area contributed by atoms with Gasteiger partial charge < -0.3 is 10.6 Å². The monoisotopic (exact) mass is 194 g/mol. The van der Waals surface area contributed by atoms with Crippen LogP contribution in [0, 0.1) is 5.82 Å². The van der Waals surface area contributed by atoms with Crippen molar-refractivity contribution in [3.63, 3.8) is 0 Å². The molecule has 1 aliphatic rings. The van der Waals surface area contributed by atoms with Crippen molar-refractivity contribution in [3.8, 4) is 0 Å². The zero-order chi connectivity index (χ0) is 10.1. The Morgan fingerprint density at radius 1 is 1.50 bits per heavy atom. The lowest BCUT2D eigenvalue weighted by molar-refractivity contribution is 0.628. The molecule has 14 heavy (non-hydrogen) atoms. The molecule has 1 aromatic rings. The molecule has 0 amide bonds. The van der Waals surface area contributed by atoms with Crippen LogP contribution in [0.1, 0.15) is 19.8 Å². The first-order chi connectivity index (χ1) is 6.72. The van der Waals surface area contributed by atoms with Gasteiger partial charge in [-0.05, 0) is 38.0 Å². The quantitative estimate of drug-likeness (QED) is 0.749. The summed E-state index contributed by atoms with van der Waals surface area (Å²) in [7, 11) is 0. The lowest BCUT2D eigenvalue weighted by Gasteiger charge is -2.24. The highest BCUT2D eigenvalue weighted by atomic mass is 19.1. The average Bonchev–Trinajstić information content (AvgIpc) is 2.93. The number of hydrogen-bond donors (Lipinski definition) is 1. The fraction of sp³-hybridized carbons (Fsp3) is 0.455. The van der Waals surface area contributed by atoms with Crippen molar-refractivity contribution in [2.24, 2.45) is 0 Å². The standard InChI is InChI=1S/C11H15FN2/c1-2-14(9-4-5-9)11-6-3-8(12)7-10(11)13/h3,6-7,9H,2,4-5,13H2,1H3. The predicted molar refractivity (Wildman–Crippen MR) is 56.9 cm³/mol. The molecule has 2 nitrogen and oxygen atoms in total. The average molecular weight is 194 g/mol. The minimum absolute atomic E-state index is 0.266. The summed E-state index contributed by atoms with van der Waals surface area (Å²) in [6.45, 7) is 3.03. The summed E-state index contributed by atoms with van der Waals surface area (Å²) in [4.78, 5) is 2.24. The van der Waals surface area contributed by atoms with Gasteiger partial charge in [0, 0.05) is 12.6 Å². The van der Waals surface area contributed by atoms with Crippen molar-refractivity contribution >= 4 is 11.4 Å². The second kappa shape index (κ2) is 3.48. The van der Waals surface area contributed by atoms with Crippen LogP contribution in [0.2, 0.25) is 0 Å². The maximum absolute atomic E-state index is 12.8. The minimum atomic E-state index is -0.266. The predicted octanol–water partition coefficient (Wildman–Crippen LogP) is 2.40. The van der Waals surface area contributed by atoms with Gasteiger partial charge >= 0.3 is 0 Å². The Bertz CT molecular complexity index is 334. The Balaban J connectivity index is 2.29. The number of halogens is 1. The molecule has 1 aliphatic carbocycles. The number of nitrogen functional groups attached to an aromatic ring is 1. The molecule has 0 saturated heterocycles. The van der Waals surface area contributed by atoms with E-state index in [-0.39, 0.29) is 5.82 Å². The Morgan fingerprint density at radius 2 is 2.21 bits per heavy atom. The van der Waals surface area contributed by atoms with Gasteiger partial charge in [0.25, 0.3) is 0 Å². The summed E-state index contributed by atoms with van der Waals surface area (Å²) in [5, 5.41) is 0. The van der Waals surface area contributed by atoms with Crippen LogP contribution in [0.25, 0.3) is 0 Å². The molecule has 0 aromatic heterocycles. The number of hydrogen-bond acceptors (Lipinski definition) is 2. The van der Waals surface area contributed by atoms with E-state index in [4.69, 9.17) is 5.73 Å². The highest BCUT2D eigenvalue weighted by molar-refractivity contribution is 5.68. The molecule has 2 N–H and O–H groups in total. The molecule has 76 valence electrons. The molecule has 0 unspecified atom stereocenters. The molecular formula is C11H15FN2. The summed E-state index contributed by atoms with van der Waals surface area (Å²) in [6, 6.07) is 5.25. The Kier molecular flexibility index (Phi) is 2.32. The third-order valence-corrected chi connectivity index (χ3v) is 2.63. The molecule has 2 rings (SSSR count). The summed E-state index contributed by atoms with van der Waals surface area (Å²) in [5.74, 6) is -0.266. The number of nitrogens with zero attached hydrogens (tertiary/aromatic N) is 1. The van der Waals surface area contributed by atoms with E-state index in [1.807, 2.05) is 0 Å². The van der Waals surface area contributed by atoms with Crippen molar-refractivity contribution in [1.82, 2.24) is 0 Å². The first-order valence-corrected chi connectivity index (χ1v) is 5.04. The molecule has 1 saturated carbocycles. The van der Waals surface area contributed by atoms with Crippen molar-refractivity contribution < 1.29 is 4.39 Å². The number of rotatable bonds is 3. The van der Waals surface area contributed by atoms with Gasteiger partial charge in [0.15, 0.2) is 0 Å². The van der Waals surface area contributed by atoms with Crippen molar-refractivity contribution in [2.75, 3.05) is 17.2 Å². The third-order valence-electron chi connectivity index (χ3n) is 2.63. The van der Waals surface area contributed by atoms with Gasteiger partial charge in [-0.25, -0.2) is 4.39 Å². The topological polar surface area (TPSA) is 29.3 Å². The van der Waals surface area contributed by atoms with E-state index in [1.54, 1.807) is 6.07 Å². The van der Waals surface area contributed by atoms with Crippen LogP contribution < -0.4 is 10.6 Å². The number of anilines is 2. The maximum atomic E-state index is 12.8. The van der Waals surface area contributed by atoms with Crippen LogP contribution in [0.15, 0.2) is 18.2 Å². The van der Waals surface area contributed by atoms with Gasteiger partial charge in [0.05, 0.1) is 11.4 Å². The van der Waals surface area contributed by atoms with E-state index >= 15 is 0 Å². The van der Waals surface area contributed by atoms with Crippen LogP contribution in [0.3, 0.4) is 0 Å². The molecule has 0 aliphatic heterocycles. The van der Waals surface area contributed by atoms with E-state index in [0.717, 1.165) is 12.2 Å². The first-order valence-electron chi connectivity index (χ1n) is 5.04. The minimum Gasteiger partial charge on any atom is -0.397 e. The molecule has 0 bridgehead atoms. The highest BCUT2D eigenvalue weighted by Crippen LogP contribution is 2.34. The Morgan fingerprint density at radius 3 is 2.71 bits per heavy atom. The second-order valence-corrected chi connectivity index (χ2v) is 3.72. The molecule has 0 atom stereocenters. The van der Waals surface area contributed by atoms with Crippen LogP contribution >= 0.6 is 0 Å². The Labute approximate surface area is 83.5 Å². The van der Waals surface area contributed by atoms with Gasteiger partial charge in [0.2, 0.25) is 0 Å². The summed E-state index contributed by atoms with van der Waals surface area (Å²) in [6.07, 6.45) is 2.45. The largest absolute Gasteiger partial charge is 0.397 e. The van der Waals surface area contributed by atoms with E-state index in [2.05, 4.69) is 11.8 Å². The highest BCUT2D eigenvalue weighted by Gasteiger charge is 2.28. The summed E-state index contributed by atoms with van der Waals surface area (Å²) < 4.78 is 12.8. The van der Waals surface area contributed by atoms with Gasteiger partial charge in [-0.3, -0.25) is 0 Å². The fourth-order valence-corrected chi connectivity index (χ4v) is 1.80. The van der Waals surface area contributed by atoms with Gasteiger partial charge in [-0.2, -0.15) is 0 Å². The SMILES string of the molecule is CCN(c1ccc(F)cc1N)C1CC1. The molecule has 0 heterocycles. The van der Waals surface area contributed by atoms with Gasteiger partial charge in [0.1, 0.15) is 5.82 Å². The number of benzene rings is 1. The van der Waals surface area contributed by atoms with Crippen LogP contribution in [-0.4, -0.2) is 12.6 Å². The number of nitrogens with two attached hydrogens (primary N) is 1. The van der Waals surface area contributed by atoms with E-state index in [9.17, 15) is 4.39 Å². The van der Waals surface area contributed by atoms with E-state index in [1.165, 1.54) is 25.0 Å². The van der Waals surface area contributed by atoms with Gasteiger partial charge in [-0.1, -0.05) is 0 Å². The Hall–Kier alpha value is -1.25. The molecule has 1 aromatic carbocycles. The van der Waals surface area contributed by atoms with Crippen molar-refractivity contribution in [2.45, 2.75) is 25.8 Å². The van der Waals surface area contributed by atoms with Crippen molar-refractivity contribution in [1.29, 1.82) is 0 Å². The van der Waals surface area contributed by atoms with E-state index < -0.39 is 0 Å². The molecule has 0 radical (unpaired) electrons. The smallest absolute Gasteiger partial charge is 0.125 e. The molecule has 1 fully saturated rings. The summed E-state index contributed by atoms with van der Waals surface area (Å²) >= 11 is 0. The zero-order valence-corrected chi connectivity index (χ0v) is 8.33. The van der Waals surface area contributed by atoms with E-state index in [0.29, 0.717) is 11.7 Å². The first kappa shape index (κ1) is 9.31. The molecule has 3 heteroatoms. The summed E-state index contributed by atoms with van der Waals surface area (Å²) in [5.41, 5.74) is 7.29. The zero-order valence-electron chi connectivity index (χ0n) is 8.33.